The fraction of sp³-hybridized carbons (Fsp3) is 0.240. The van der Waals surface area contributed by atoms with E-state index in [-0.39, 0.29) is 5.88 Å². The monoisotopic (exact) mass is 452 g/mol. The molecular formula is C25H23F3N4O. The highest BCUT2D eigenvalue weighted by Gasteiger charge is 2.31. The molecule has 0 atom stereocenters. The van der Waals surface area contributed by atoms with Crippen molar-refractivity contribution in [3.05, 3.63) is 72.7 Å². The molecule has 2 aromatic heterocycles. The number of unbranched alkanes of at least 4 members (excludes halogenated alkanes) is 2. The summed E-state index contributed by atoms with van der Waals surface area (Å²) >= 11 is 0. The first-order valence-corrected chi connectivity index (χ1v) is 10.7. The smallest absolute Gasteiger partial charge is 0.416 e. The molecule has 8 heteroatoms. The minimum Gasteiger partial charge on any atom is -0.439 e. The van der Waals surface area contributed by atoms with Crippen LogP contribution in [0.4, 0.5) is 18.9 Å². The molecule has 0 aliphatic heterocycles. The Morgan fingerprint density at radius 3 is 2.64 bits per heavy atom. The summed E-state index contributed by atoms with van der Waals surface area (Å²) in [4.78, 5) is 12.7. The molecule has 0 bridgehead atoms. The highest BCUT2D eigenvalue weighted by molar-refractivity contribution is 5.80. The lowest BCUT2D eigenvalue weighted by molar-refractivity contribution is -0.137. The standard InChI is InChI=1S/C25H23F3N4O/c1-2-3-4-11-30-22-13-18(25(26,27)28)8-10-20(22)23-15-24(32-16-31-23)33-19-9-7-17-6-5-12-29-21(17)14-19/h5-10,12-16,30H,2-4,11H2,1H3. The molecule has 0 aliphatic carbocycles. The van der Waals surface area contributed by atoms with E-state index >= 15 is 0 Å². The molecule has 0 saturated heterocycles. The van der Waals surface area contributed by atoms with Crippen LogP contribution in [0.1, 0.15) is 31.7 Å². The maximum Gasteiger partial charge on any atom is 0.416 e. The third-order valence-corrected chi connectivity index (χ3v) is 5.16. The highest BCUT2D eigenvalue weighted by atomic mass is 19.4. The summed E-state index contributed by atoms with van der Waals surface area (Å²) in [6.07, 6.45) is 1.49. The third-order valence-electron chi connectivity index (χ3n) is 5.16. The number of benzene rings is 2. The minimum atomic E-state index is -4.43. The van der Waals surface area contributed by atoms with Crippen LogP contribution in [-0.2, 0) is 6.18 Å². The molecule has 2 heterocycles. The number of fused-ring (bicyclic) bond motifs is 1. The molecule has 0 aliphatic rings. The lowest BCUT2D eigenvalue weighted by Crippen LogP contribution is -2.08. The van der Waals surface area contributed by atoms with E-state index in [4.69, 9.17) is 4.74 Å². The van der Waals surface area contributed by atoms with E-state index in [2.05, 4.69) is 27.2 Å². The summed E-state index contributed by atoms with van der Waals surface area (Å²) in [7, 11) is 0. The SMILES string of the molecule is CCCCCNc1cc(C(F)(F)F)ccc1-c1cc(Oc2ccc3cccnc3c2)ncn1. The average molecular weight is 452 g/mol. The quantitative estimate of drug-likeness (QED) is 0.289. The summed E-state index contributed by atoms with van der Waals surface area (Å²) < 4.78 is 45.7. The van der Waals surface area contributed by atoms with E-state index in [1.54, 1.807) is 18.3 Å². The number of hydrogen-bond acceptors (Lipinski definition) is 5. The van der Waals surface area contributed by atoms with Crippen molar-refractivity contribution >= 4 is 16.6 Å². The lowest BCUT2D eigenvalue weighted by Gasteiger charge is -2.15. The molecule has 0 saturated carbocycles. The van der Waals surface area contributed by atoms with Crippen LogP contribution in [-0.4, -0.2) is 21.5 Å². The number of pyridine rings is 1. The number of alkyl halides is 3. The second-order valence-electron chi connectivity index (χ2n) is 7.59. The Labute approximate surface area is 189 Å². The van der Waals surface area contributed by atoms with Gasteiger partial charge in [0, 0.05) is 41.5 Å². The molecular weight excluding hydrogens is 429 g/mol. The van der Waals surface area contributed by atoms with Gasteiger partial charge in [0.05, 0.1) is 16.8 Å². The van der Waals surface area contributed by atoms with E-state index in [1.807, 2.05) is 24.3 Å². The summed E-state index contributed by atoms with van der Waals surface area (Å²) in [6, 6.07) is 14.5. The number of aromatic nitrogens is 3. The fourth-order valence-corrected chi connectivity index (χ4v) is 3.46. The van der Waals surface area contributed by atoms with Crippen molar-refractivity contribution in [2.45, 2.75) is 32.4 Å². The first kappa shape index (κ1) is 22.5. The van der Waals surface area contributed by atoms with Gasteiger partial charge in [-0.1, -0.05) is 31.9 Å². The Morgan fingerprint density at radius 1 is 0.939 bits per heavy atom. The molecule has 0 fully saturated rings. The Balaban J connectivity index is 1.63. The fourth-order valence-electron chi connectivity index (χ4n) is 3.46. The van der Waals surface area contributed by atoms with E-state index < -0.39 is 11.7 Å². The molecule has 0 amide bonds. The van der Waals surface area contributed by atoms with Crippen LogP contribution in [0.3, 0.4) is 0 Å². The van der Waals surface area contributed by atoms with Gasteiger partial charge < -0.3 is 10.1 Å². The summed E-state index contributed by atoms with van der Waals surface area (Å²) in [6.45, 7) is 2.64. The molecule has 0 spiro atoms. The number of nitrogens with zero attached hydrogens (tertiary/aromatic N) is 3. The normalized spacial score (nSPS) is 11.5. The van der Waals surface area contributed by atoms with Crippen molar-refractivity contribution in [2.75, 3.05) is 11.9 Å². The van der Waals surface area contributed by atoms with Crippen molar-refractivity contribution < 1.29 is 17.9 Å². The van der Waals surface area contributed by atoms with Gasteiger partial charge in [-0.25, -0.2) is 9.97 Å². The zero-order valence-electron chi connectivity index (χ0n) is 18.1. The average Bonchev–Trinajstić information content (AvgIpc) is 2.81. The van der Waals surface area contributed by atoms with Gasteiger partial charge in [0.15, 0.2) is 0 Å². The molecule has 2 aromatic carbocycles. The van der Waals surface area contributed by atoms with E-state index in [1.165, 1.54) is 12.4 Å². The second-order valence-corrected chi connectivity index (χ2v) is 7.59. The number of nitrogens with one attached hydrogen (secondary N) is 1. The van der Waals surface area contributed by atoms with Gasteiger partial charge in [-0.15, -0.1) is 0 Å². The Morgan fingerprint density at radius 2 is 1.82 bits per heavy atom. The van der Waals surface area contributed by atoms with Crippen LogP contribution in [0.5, 0.6) is 11.6 Å². The van der Waals surface area contributed by atoms with Gasteiger partial charge in [0.1, 0.15) is 12.1 Å². The van der Waals surface area contributed by atoms with Crippen LogP contribution in [0.2, 0.25) is 0 Å². The lowest BCUT2D eigenvalue weighted by atomic mass is 10.0. The maximum absolute atomic E-state index is 13.3. The zero-order chi connectivity index (χ0) is 23.3. The Kier molecular flexibility index (Phi) is 6.72. The van der Waals surface area contributed by atoms with Crippen molar-refractivity contribution in [1.29, 1.82) is 0 Å². The predicted octanol–water partition coefficient (Wildman–Crippen LogP) is 7.11. The van der Waals surface area contributed by atoms with Crippen LogP contribution in [0.15, 0.2) is 67.1 Å². The van der Waals surface area contributed by atoms with E-state index in [0.29, 0.717) is 29.2 Å². The molecule has 4 rings (SSSR count). The molecule has 170 valence electrons. The van der Waals surface area contributed by atoms with Crippen molar-refractivity contribution in [3.63, 3.8) is 0 Å². The molecule has 1 N–H and O–H groups in total. The number of rotatable bonds is 8. The van der Waals surface area contributed by atoms with Crippen LogP contribution in [0, 0.1) is 0 Å². The van der Waals surface area contributed by atoms with Crippen LogP contribution >= 0.6 is 0 Å². The first-order chi connectivity index (χ1) is 15.9. The minimum absolute atomic E-state index is 0.284. The maximum atomic E-state index is 13.3. The van der Waals surface area contributed by atoms with E-state index in [0.717, 1.165) is 42.3 Å². The Hall–Kier alpha value is -3.68. The van der Waals surface area contributed by atoms with Gasteiger partial charge in [-0.3, -0.25) is 4.98 Å². The van der Waals surface area contributed by atoms with Crippen LogP contribution < -0.4 is 10.1 Å². The third kappa shape index (κ3) is 5.58. The largest absolute Gasteiger partial charge is 0.439 e. The van der Waals surface area contributed by atoms with Crippen molar-refractivity contribution in [2.24, 2.45) is 0 Å². The van der Waals surface area contributed by atoms with Gasteiger partial charge in [-0.05, 0) is 36.8 Å². The number of halogens is 3. The highest BCUT2D eigenvalue weighted by Crippen LogP contribution is 2.36. The second kappa shape index (κ2) is 9.85. The van der Waals surface area contributed by atoms with E-state index in [9.17, 15) is 13.2 Å². The van der Waals surface area contributed by atoms with Gasteiger partial charge >= 0.3 is 6.18 Å². The van der Waals surface area contributed by atoms with Gasteiger partial charge in [0.2, 0.25) is 5.88 Å². The van der Waals surface area contributed by atoms with Crippen LogP contribution in [0.25, 0.3) is 22.2 Å². The first-order valence-electron chi connectivity index (χ1n) is 10.7. The van der Waals surface area contributed by atoms with Gasteiger partial charge in [0.25, 0.3) is 0 Å². The predicted molar refractivity (Wildman–Crippen MR) is 122 cm³/mol. The molecule has 33 heavy (non-hydrogen) atoms. The Bertz CT molecular complexity index is 1240. The summed E-state index contributed by atoms with van der Waals surface area (Å²) in [5.41, 5.74) is 1.46. The number of ether oxygens (including phenoxy) is 1. The molecule has 5 nitrogen and oxygen atoms in total. The van der Waals surface area contributed by atoms with Gasteiger partial charge in [-0.2, -0.15) is 13.2 Å². The van der Waals surface area contributed by atoms with Crippen molar-refractivity contribution in [1.82, 2.24) is 15.0 Å². The summed E-state index contributed by atoms with van der Waals surface area (Å²) in [5, 5.41) is 4.12. The van der Waals surface area contributed by atoms with Crippen molar-refractivity contribution in [3.8, 4) is 22.9 Å². The molecule has 0 radical (unpaired) electrons. The molecule has 4 aromatic rings. The number of anilines is 1. The summed E-state index contributed by atoms with van der Waals surface area (Å²) in [5.74, 6) is 0.836. The zero-order valence-corrected chi connectivity index (χ0v) is 18.1. The number of hydrogen-bond donors (Lipinski definition) is 1. The topological polar surface area (TPSA) is 59.9 Å². The molecule has 0 unspecified atom stereocenters.